The zero-order chi connectivity index (χ0) is 18.3. The van der Waals surface area contributed by atoms with E-state index in [-0.39, 0.29) is 24.8 Å². The Labute approximate surface area is 152 Å². The Balaban J connectivity index is 1.61. The van der Waals surface area contributed by atoms with Crippen molar-refractivity contribution in [2.75, 3.05) is 13.7 Å². The van der Waals surface area contributed by atoms with E-state index in [1.54, 1.807) is 12.1 Å². The average molecular weight is 372 g/mol. The van der Waals surface area contributed by atoms with Gasteiger partial charge in [0.1, 0.15) is 6.04 Å². The van der Waals surface area contributed by atoms with Crippen molar-refractivity contribution in [1.29, 1.82) is 0 Å². The van der Waals surface area contributed by atoms with Crippen LogP contribution >= 0.6 is 11.3 Å². The van der Waals surface area contributed by atoms with Crippen molar-refractivity contribution < 1.29 is 23.8 Å². The van der Waals surface area contributed by atoms with E-state index in [1.807, 2.05) is 24.3 Å². The number of ether oxygens (including phenoxy) is 1. The fraction of sp³-hybridized carbons (Fsp3) is 0.278. The third kappa shape index (κ3) is 2.87. The Hall–Kier alpha value is -2.71. The standard InChI is InChI=1S/C18H16N2O5S/c1-24-10-8-12(18(22)23)20(9-10)17(21)14-7-6-13(25-14)16-19-11-4-2-3-5-15(11)26-16/h2-7,10,12H,8-9H2,1H3,(H,22,23). The number of hydrogen-bond acceptors (Lipinski definition) is 6. The number of carbonyl (C=O) groups excluding carboxylic acids is 1. The molecular weight excluding hydrogens is 356 g/mol. The monoisotopic (exact) mass is 372 g/mol. The number of carboxylic acid groups (broad SMARTS) is 1. The molecule has 4 rings (SSSR count). The van der Waals surface area contributed by atoms with Crippen LogP contribution in [-0.2, 0) is 9.53 Å². The third-order valence-electron chi connectivity index (χ3n) is 4.46. The summed E-state index contributed by atoms with van der Waals surface area (Å²) >= 11 is 1.47. The van der Waals surface area contributed by atoms with Gasteiger partial charge < -0.3 is 19.2 Å². The van der Waals surface area contributed by atoms with Crippen LogP contribution in [0.25, 0.3) is 21.0 Å². The largest absolute Gasteiger partial charge is 0.480 e. The second-order valence-corrected chi connectivity index (χ2v) is 7.09. The molecule has 2 unspecified atom stereocenters. The number of amides is 1. The second-order valence-electron chi connectivity index (χ2n) is 6.06. The van der Waals surface area contributed by atoms with E-state index < -0.39 is 17.9 Å². The molecule has 0 aliphatic carbocycles. The summed E-state index contributed by atoms with van der Waals surface area (Å²) in [5.74, 6) is -0.911. The van der Waals surface area contributed by atoms with Crippen LogP contribution in [0, 0.1) is 0 Å². The van der Waals surface area contributed by atoms with Crippen LogP contribution in [0.4, 0.5) is 0 Å². The van der Waals surface area contributed by atoms with Gasteiger partial charge in [-0.25, -0.2) is 9.78 Å². The Kier molecular flexibility index (Phi) is 4.21. The molecule has 0 saturated carbocycles. The van der Waals surface area contributed by atoms with Crippen molar-refractivity contribution in [2.45, 2.75) is 18.6 Å². The predicted molar refractivity (Wildman–Crippen MR) is 95.2 cm³/mol. The van der Waals surface area contributed by atoms with Gasteiger partial charge in [-0.05, 0) is 24.3 Å². The van der Waals surface area contributed by atoms with E-state index in [0.29, 0.717) is 10.8 Å². The van der Waals surface area contributed by atoms with Crippen LogP contribution in [0.1, 0.15) is 17.0 Å². The molecule has 2 aromatic heterocycles. The number of methoxy groups -OCH3 is 1. The number of hydrogen-bond donors (Lipinski definition) is 1. The highest BCUT2D eigenvalue weighted by atomic mass is 32.1. The summed E-state index contributed by atoms with van der Waals surface area (Å²) in [6.45, 7) is 0.226. The highest BCUT2D eigenvalue weighted by Gasteiger charge is 2.41. The van der Waals surface area contributed by atoms with Crippen LogP contribution in [0.2, 0.25) is 0 Å². The molecule has 1 amide bonds. The first-order chi connectivity index (χ1) is 12.6. The SMILES string of the molecule is COC1CC(C(=O)O)N(C(=O)c2ccc(-c3nc4ccccc4s3)o2)C1. The maximum Gasteiger partial charge on any atom is 0.326 e. The van der Waals surface area contributed by atoms with Gasteiger partial charge in [-0.15, -0.1) is 11.3 Å². The van der Waals surface area contributed by atoms with Gasteiger partial charge in [-0.2, -0.15) is 0 Å². The molecule has 26 heavy (non-hydrogen) atoms. The van der Waals surface area contributed by atoms with Crippen molar-refractivity contribution in [3.63, 3.8) is 0 Å². The summed E-state index contributed by atoms with van der Waals surface area (Å²) in [6.07, 6.45) is -0.0260. The lowest BCUT2D eigenvalue weighted by atomic mass is 10.2. The first-order valence-corrected chi connectivity index (χ1v) is 8.91. The lowest BCUT2D eigenvalue weighted by molar-refractivity contribution is -0.141. The maximum absolute atomic E-state index is 12.7. The van der Waals surface area contributed by atoms with E-state index in [0.717, 1.165) is 10.2 Å². The summed E-state index contributed by atoms with van der Waals surface area (Å²) in [5.41, 5.74) is 0.866. The molecule has 8 heteroatoms. The first kappa shape index (κ1) is 16.7. The molecule has 0 bridgehead atoms. The summed E-state index contributed by atoms with van der Waals surface area (Å²) < 4.78 is 11.9. The molecule has 0 radical (unpaired) electrons. The van der Waals surface area contributed by atoms with Gasteiger partial charge in [0.15, 0.2) is 16.5 Å². The molecular formula is C18H16N2O5S. The van der Waals surface area contributed by atoms with Gasteiger partial charge in [-0.1, -0.05) is 12.1 Å². The number of carbonyl (C=O) groups is 2. The molecule has 3 heterocycles. The molecule has 1 saturated heterocycles. The van der Waals surface area contributed by atoms with Gasteiger partial charge in [-0.3, -0.25) is 4.79 Å². The Bertz CT molecular complexity index is 946. The normalized spacial score (nSPS) is 20.0. The second kappa shape index (κ2) is 6.54. The Morgan fingerprint density at radius 2 is 2.12 bits per heavy atom. The Morgan fingerprint density at radius 1 is 1.31 bits per heavy atom. The molecule has 1 N–H and O–H groups in total. The fourth-order valence-corrected chi connectivity index (χ4v) is 4.04. The maximum atomic E-state index is 12.7. The van der Waals surface area contributed by atoms with Gasteiger partial charge in [0.25, 0.3) is 5.91 Å². The van der Waals surface area contributed by atoms with Crippen LogP contribution in [0.5, 0.6) is 0 Å². The van der Waals surface area contributed by atoms with Crippen molar-refractivity contribution in [1.82, 2.24) is 9.88 Å². The minimum absolute atomic E-state index is 0.0993. The highest BCUT2D eigenvalue weighted by molar-refractivity contribution is 7.21. The third-order valence-corrected chi connectivity index (χ3v) is 5.51. The minimum atomic E-state index is -1.05. The lowest BCUT2D eigenvalue weighted by Crippen LogP contribution is -2.40. The number of rotatable bonds is 4. The fourth-order valence-electron chi connectivity index (χ4n) is 3.11. The Morgan fingerprint density at radius 3 is 2.85 bits per heavy atom. The van der Waals surface area contributed by atoms with Crippen molar-refractivity contribution in [3.8, 4) is 10.8 Å². The zero-order valence-electron chi connectivity index (χ0n) is 13.9. The number of nitrogens with zero attached hydrogens (tertiary/aromatic N) is 2. The van der Waals surface area contributed by atoms with Gasteiger partial charge in [0.05, 0.1) is 16.3 Å². The zero-order valence-corrected chi connectivity index (χ0v) is 14.7. The number of furan rings is 1. The van der Waals surface area contributed by atoms with Crippen LogP contribution in [-0.4, -0.2) is 52.7 Å². The van der Waals surface area contributed by atoms with Crippen LogP contribution in [0.15, 0.2) is 40.8 Å². The predicted octanol–water partition coefficient (Wildman–Crippen LogP) is 2.87. The first-order valence-electron chi connectivity index (χ1n) is 8.09. The van der Waals surface area contributed by atoms with E-state index in [1.165, 1.54) is 23.3 Å². The number of likely N-dealkylation sites (tertiary alicyclic amines) is 1. The summed E-state index contributed by atoms with van der Waals surface area (Å²) in [6, 6.07) is 10.1. The quantitative estimate of drug-likeness (QED) is 0.757. The van der Waals surface area contributed by atoms with E-state index in [4.69, 9.17) is 9.15 Å². The van der Waals surface area contributed by atoms with Gasteiger partial charge >= 0.3 is 5.97 Å². The van der Waals surface area contributed by atoms with Crippen LogP contribution < -0.4 is 0 Å². The molecule has 7 nitrogen and oxygen atoms in total. The molecule has 134 valence electrons. The number of carboxylic acids is 1. The highest BCUT2D eigenvalue weighted by Crippen LogP contribution is 2.32. The smallest absolute Gasteiger partial charge is 0.326 e. The summed E-state index contributed by atoms with van der Waals surface area (Å²) in [7, 11) is 1.51. The molecule has 0 spiro atoms. The minimum Gasteiger partial charge on any atom is -0.480 e. The number of aliphatic carboxylic acids is 1. The average Bonchev–Trinajstić information content (AvgIpc) is 3.37. The number of aromatic nitrogens is 1. The van der Waals surface area contributed by atoms with Gasteiger partial charge in [0, 0.05) is 20.1 Å². The van der Waals surface area contributed by atoms with Crippen molar-refractivity contribution in [2.24, 2.45) is 0 Å². The molecule has 1 aliphatic rings. The van der Waals surface area contributed by atoms with Crippen molar-refractivity contribution in [3.05, 3.63) is 42.2 Å². The van der Waals surface area contributed by atoms with Crippen molar-refractivity contribution >= 4 is 33.4 Å². The number of para-hydroxylation sites is 1. The topological polar surface area (TPSA) is 92.9 Å². The molecule has 2 atom stereocenters. The summed E-state index contributed by atoms with van der Waals surface area (Å²) in [5, 5.41) is 10.0. The molecule has 1 fully saturated rings. The number of thiazole rings is 1. The number of benzene rings is 1. The van der Waals surface area contributed by atoms with E-state index >= 15 is 0 Å². The summed E-state index contributed by atoms with van der Waals surface area (Å²) in [4.78, 5) is 30.0. The van der Waals surface area contributed by atoms with Crippen LogP contribution in [0.3, 0.4) is 0 Å². The van der Waals surface area contributed by atoms with E-state index in [2.05, 4.69) is 4.98 Å². The number of fused-ring (bicyclic) bond motifs is 1. The van der Waals surface area contributed by atoms with E-state index in [9.17, 15) is 14.7 Å². The molecule has 1 aliphatic heterocycles. The lowest BCUT2D eigenvalue weighted by Gasteiger charge is -2.19. The molecule has 1 aromatic carbocycles. The van der Waals surface area contributed by atoms with Gasteiger partial charge in [0.2, 0.25) is 0 Å². The molecule has 3 aromatic rings.